The maximum Gasteiger partial charge on any atom is 0.347 e. The largest absolute Gasteiger partial charge is 0.462 e. The van der Waals surface area contributed by atoms with E-state index in [0.29, 0.717) is 0 Å². The van der Waals surface area contributed by atoms with Gasteiger partial charge < -0.3 is 9.47 Å². The number of fused-ring (bicyclic) bond motifs is 1. The van der Waals surface area contributed by atoms with E-state index in [-0.39, 0.29) is 24.5 Å². The average molecular weight is 370 g/mol. The van der Waals surface area contributed by atoms with Crippen LogP contribution in [-0.2, 0) is 29.1 Å². The molecular weight excluding hydrogens is 356 g/mol. The number of nitro groups is 1. The van der Waals surface area contributed by atoms with E-state index in [4.69, 9.17) is 9.47 Å². The van der Waals surface area contributed by atoms with E-state index in [0.717, 1.165) is 18.2 Å². The van der Waals surface area contributed by atoms with Crippen LogP contribution in [0.3, 0.4) is 0 Å². The normalized spacial score (nSPS) is 14.2. The highest BCUT2D eigenvalue weighted by molar-refractivity contribution is 7.90. The molecule has 11 heteroatoms. The number of nitrogens with one attached hydrogen (secondary N) is 1. The maximum atomic E-state index is 12.2. The Bertz CT molecular complexity index is 868. The number of rotatable bonds is 5. The second-order valence-corrected chi connectivity index (χ2v) is 6.38. The summed E-state index contributed by atoms with van der Waals surface area (Å²) in [6.45, 7) is 2.94. The Hall–Kier alpha value is -2.95. The Morgan fingerprint density at radius 1 is 1.16 bits per heavy atom. The first kappa shape index (κ1) is 18.4. The lowest BCUT2D eigenvalue weighted by Gasteiger charge is -2.10. The molecular formula is C14H14N2O8S. The molecule has 0 saturated heterocycles. The minimum Gasteiger partial charge on any atom is -0.462 e. The Morgan fingerprint density at radius 3 is 2.20 bits per heavy atom. The number of hydrogen-bond donors (Lipinski definition) is 1. The van der Waals surface area contributed by atoms with E-state index in [1.54, 1.807) is 0 Å². The van der Waals surface area contributed by atoms with Gasteiger partial charge in [-0.1, -0.05) is 0 Å². The van der Waals surface area contributed by atoms with Gasteiger partial charge in [0.2, 0.25) is 0 Å². The topological polar surface area (TPSA) is 142 Å². The summed E-state index contributed by atoms with van der Waals surface area (Å²) < 4.78 is 36.1. The molecule has 0 aromatic heterocycles. The number of non-ortho nitro benzene ring substituents is 1. The molecule has 10 nitrogen and oxygen atoms in total. The van der Waals surface area contributed by atoms with Crippen LogP contribution in [0.2, 0.25) is 0 Å². The van der Waals surface area contributed by atoms with Gasteiger partial charge in [-0.2, -0.15) is 0 Å². The van der Waals surface area contributed by atoms with Gasteiger partial charge in [-0.3, -0.25) is 14.8 Å². The van der Waals surface area contributed by atoms with Crippen molar-refractivity contribution in [1.82, 2.24) is 4.72 Å². The molecule has 0 fully saturated rings. The molecule has 0 aliphatic carbocycles. The van der Waals surface area contributed by atoms with Crippen LogP contribution < -0.4 is 4.72 Å². The van der Waals surface area contributed by atoms with Crippen molar-refractivity contribution in [1.29, 1.82) is 0 Å². The molecule has 1 aromatic rings. The highest BCUT2D eigenvalue weighted by Crippen LogP contribution is 2.35. The van der Waals surface area contributed by atoms with Crippen molar-refractivity contribution in [2.24, 2.45) is 0 Å². The zero-order valence-electron chi connectivity index (χ0n) is 13.3. The number of carbonyl (C=O) groups is 2. The molecule has 134 valence electrons. The van der Waals surface area contributed by atoms with Gasteiger partial charge in [-0.05, 0) is 19.9 Å². The first-order chi connectivity index (χ1) is 11.7. The SMILES string of the molecule is CCOC(=O)C(C(=O)OCC)=C1NS(=O)(=O)c2cc([N+](=O)[O-])ccc21. The summed E-state index contributed by atoms with van der Waals surface area (Å²) in [5.41, 5.74) is -1.46. The van der Waals surface area contributed by atoms with Crippen LogP contribution in [0.4, 0.5) is 5.69 Å². The van der Waals surface area contributed by atoms with E-state index in [1.165, 1.54) is 13.8 Å². The van der Waals surface area contributed by atoms with E-state index >= 15 is 0 Å². The third kappa shape index (κ3) is 3.45. The Balaban J connectivity index is 2.72. The summed E-state index contributed by atoms with van der Waals surface area (Å²) in [7, 11) is -4.18. The molecule has 1 aliphatic heterocycles. The first-order valence-electron chi connectivity index (χ1n) is 7.13. The lowest BCUT2D eigenvalue weighted by Crippen LogP contribution is -2.24. The highest BCUT2D eigenvalue weighted by Gasteiger charge is 2.38. The van der Waals surface area contributed by atoms with Crippen LogP contribution in [0.25, 0.3) is 5.70 Å². The van der Waals surface area contributed by atoms with Crippen molar-refractivity contribution in [3.05, 3.63) is 39.4 Å². The second-order valence-electron chi connectivity index (χ2n) is 4.73. The molecule has 1 heterocycles. The number of nitro benzene ring substituents is 1. The standard InChI is InChI=1S/C14H14N2O8S/c1-3-23-13(17)11(14(18)24-4-2)12-9-6-5-8(16(19)20)7-10(9)25(21,22)15-12/h5-7,15H,3-4H2,1-2H3. The first-order valence-corrected chi connectivity index (χ1v) is 8.61. The fourth-order valence-electron chi connectivity index (χ4n) is 2.18. The van der Waals surface area contributed by atoms with E-state index in [1.807, 2.05) is 0 Å². The molecule has 0 radical (unpaired) electrons. The third-order valence-corrected chi connectivity index (χ3v) is 4.57. The number of benzene rings is 1. The van der Waals surface area contributed by atoms with Crippen molar-refractivity contribution in [2.45, 2.75) is 18.7 Å². The molecule has 0 unspecified atom stereocenters. The molecule has 1 aliphatic rings. The molecule has 1 aromatic carbocycles. The van der Waals surface area contributed by atoms with Gasteiger partial charge in [0.15, 0.2) is 5.57 Å². The summed E-state index contributed by atoms with van der Waals surface area (Å²) in [6, 6.07) is 3.05. The van der Waals surface area contributed by atoms with Crippen LogP contribution in [0, 0.1) is 10.1 Å². The molecule has 1 N–H and O–H groups in total. The quantitative estimate of drug-likeness (QED) is 0.200. The monoisotopic (exact) mass is 370 g/mol. The number of nitrogens with zero attached hydrogens (tertiary/aromatic N) is 1. The molecule has 25 heavy (non-hydrogen) atoms. The van der Waals surface area contributed by atoms with Crippen molar-refractivity contribution in [2.75, 3.05) is 13.2 Å². The van der Waals surface area contributed by atoms with Crippen LogP contribution in [0.15, 0.2) is 28.7 Å². The molecule has 0 spiro atoms. The lowest BCUT2D eigenvalue weighted by atomic mass is 10.1. The molecule has 0 amide bonds. The summed E-state index contributed by atoms with van der Waals surface area (Å²) in [4.78, 5) is 33.9. The van der Waals surface area contributed by atoms with Gasteiger partial charge in [0, 0.05) is 17.7 Å². The minimum absolute atomic E-state index is 0.0467. The van der Waals surface area contributed by atoms with Crippen LogP contribution >= 0.6 is 0 Å². The van der Waals surface area contributed by atoms with Crippen molar-refractivity contribution in [3.8, 4) is 0 Å². The minimum atomic E-state index is -4.18. The van der Waals surface area contributed by atoms with Gasteiger partial charge in [0.1, 0.15) is 4.90 Å². The molecule has 0 atom stereocenters. The van der Waals surface area contributed by atoms with Gasteiger partial charge in [0.05, 0.1) is 23.8 Å². The van der Waals surface area contributed by atoms with Crippen LogP contribution in [0.5, 0.6) is 0 Å². The van der Waals surface area contributed by atoms with Crippen molar-refractivity contribution in [3.63, 3.8) is 0 Å². The summed E-state index contributed by atoms with van der Waals surface area (Å²) in [5.74, 6) is -2.13. The molecule has 2 rings (SSSR count). The fraction of sp³-hybridized carbons (Fsp3) is 0.286. The number of hydrogen-bond acceptors (Lipinski definition) is 8. The van der Waals surface area contributed by atoms with Gasteiger partial charge in [-0.25, -0.2) is 18.0 Å². The van der Waals surface area contributed by atoms with Crippen LogP contribution in [-0.4, -0.2) is 38.5 Å². The highest BCUT2D eigenvalue weighted by atomic mass is 32.2. The number of carbonyl (C=O) groups excluding carboxylic acids is 2. The van der Waals surface area contributed by atoms with Gasteiger partial charge >= 0.3 is 11.9 Å². The number of sulfonamides is 1. The van der Waals surface area contributed by atoms with E-state index in [9.17, 15) is 28.1 Å². The predicted molar refractivity (Wildman–Crippen MR) is 83.6 cm³/mol. The fourth-order valence-corrected chi connectivity index (χ4v) is 3.50. The number of ether oxygens (including phenoxy) is 2. The predicted octanol–water partition coefficient (Wildman–Crippen LogP) is 0.724. The third-order valence-electron chi connectivity index (χ3n) is 3.18. The van der Waals surface area contributed by atoms with Crippen molar-refractivity contribution < 1.29 is 32.4 Å². The molecule has 0 saturated carbocycles. The van der Waals surface area contributed by atoms with E-state index in [2.05, 4.69) is 4.72 Å². The smallest absolute Gasteiger partial charge is 0.347 e. The average Bonchev–Trinajstić information content (AvgIpc) is 2.79. The summed E-state index contributed by atoms with van der Waals surface area (Å²) in [5, 5.41) is 10.8. The zero-order chi connectivity index (χ0) is 18.8. The lowest BCUT2D eigenvalue weighted by molar-refractivity contribution is -0.385. The summed E-state index contributed by atoms with van der Waals surface area (Å²) >= 11 is 0. The van der Waals surface area contributed by atoms with Gasteiger partial charge in [0.25, 0.3) is 15.7 Å². The zero-order valence-corrected chi connectivity index (χ0v) is 14.1. The van der Waals surface area contributed by atoms with Gasteiger partial charge in [-0.15, -0.1) is 0 Å². The maximum absolute atomic E-state index is 12.2. The Labute approximate surface area is 142 Å². The van der Waals surface area contributed by atoms with Crippen molar-refractivity contribution >= 4 is 33.3 Å². The Kier molecular flexibility index (Phi) is 5.07. The van der Waals surface area contributed by atoms with E-state index < -0.39 is 43.0 Å². The number of esters is 2. The van der Waals surface area contributed by atoms with Crippen LogP contribution in [0.1, 0.15) is 19.4 Å². The summed E-state index contributed by atoms with van der Waals surface area (Å²) in [6.07, 6.45) is 0. The molecule has 0 bridgehead atoms. The second kappa shape index (κ2) is 6.89. The Morgan fingerprint density at radius 2 is 1.72 bits per heavy atom.